The number of rotatable bonds is 4. The molecular formula is C13H22N2O3. The lowest BCUT2D eigenvalue weighted by Crippen LogP contribution is -2.43. The molecule has 0 aromatic carbocycles. The van der Waals surface area contributed by atoms with Gasteiger partial charge in [-0.25, -0.2) is 0 Å². The van der Waals surface area contributed by atoms with E-state index in [2.05, 4.69) is 0 Å². The maximum absolute atomic E-state index is 12.1. The van der Waals surface area contributed by atoms with E-state index in [4.69, 9.17) is 10.8 Å². The zero-order chi connectivity index (χ0) is 13.2. The smallest absolute Gasteiger partial charge is 0.303 e. The molecule has 1 amide bonds. The summed E-state index contributed by atoms with van der Waals surface area (Å²) in [4.78, 5) is 24.4. The minimum Gasteiger partial charge on any atom is -0.481 e. The van der Waals surface area contributed by atoms with Crippen molar-refractivity contribution in [1.82, 2.24) is 4.90 Å². The Bertz CT molecular complexity index is 337. The fraction of sp³-hybridized carbons (Fsp3) is 0.846. The summed E-state index contributed by atoms with van der Waals surface area (Å²) in [6.45, 7) is 1.62. The Balaban J connectivity index is 1.84. The van der Waals surface area contributed by atoms with Crippen molar-refractivity contribution in [1.29, 1.82) is 0 Å². The molecule has 18 heavy (non-hydrogen) atoms. The molecule has 1 aliphatic carbocycles. The number of nitrogens with zero attached hydrogens (tertiary/aromatic N) is 1. The molecule has 0 radical (unpaired) electrons. The van der Waals surface area contributed by atoms with Crippen LogP contribution in [0, 0.1) is 5.41 Å². The molecule has 0 bridgehead atoms. The fourth-order valence-electron chi connectivity index (χ4n) is 3.29. The van der Waals surface area contributed by atoms with Gasteiger partial charge in [0.25, 0.3) is 0 Å². The second-order valence-corrected chi connectivity index (χ2v) is 5.76. The van der Waals surface area contributed by atoms with Gasteiger partial charge in [0.1, 0.15) is 0 Å². The Labute approximate surface area is 107 Å². The summed E-state index contributed by atoms with van der Waals surface area (Å²) in [6.07, 6.45) is 6.27. The van der Waals surface area contributed by atoms with Crippen LogP contribution >= 0.6 is 0 Å². The Kier molecular flexibility index (Phi) is 3.90. The maximum Gasteiger partial charge on any atom is 0.303 e. The highest BCUT2D eigenvalue weighted by Crippen LogP contribution is 2.45. The third-order valence-electron chi connectivity index (χ3n) is 4.40. The minimum atomic E-state index is -0.896. The first kappa shape index (κ1) is 13.3. The number of hydrogen-bond donors (Lipinski definition) is 2. The second kappa shape index (κ2) is 5.26. The second-order valence-electron chi connectivity index (χ2n) is 5.76. The van der Waals surface area contributed by atoms with Crippen LogP contribution < -0.4 is 5.73 Å². The summed E-state index contributed by atoms with van der Waals surface area (Å²) in [6, 6.07) is -0.655. The van der Waals surface area contributed by atoms with Crippen LogP contribution in [-0.4, -0.2) is 41.0 Å². The molecule has 2 rings (SSSR count). The topological polar surface area (TPSA) is 83.6 Å². The van der Waals surface area contributed by atoms with Crippen LogP contribution in [0.5, 0.6) is 0 Å². The monoisotopic (exact) mass is 254 g/mol. The van der Waals surface area contributed by atoms with Crippen molar-refractivity contribution in [2.45, 2.75) is 51.0 Å². The van der Waals surface area contributed by atoms with E-state index in [9.17, 15) is 9.59 Å². The van der Waals surface area contributed by atoms with Crippen molar-refractivity contribution < 1.29 is 14.7 Å². The van der Waals surface area contributed by atoms with E-state index in [1.807, 2.05) is 4.90 Å². The van der Waals surface area contributed by atoms with Gasteiger partial charge in [-0.1, -0.05) is 12.8 Å². The summed E-state index contributed by atoms with van der Waals surface area (Å²) in [5, 5.41) is 8.60. The maximum atomic E-state index is 12.1. The van der Waals surface area contributed by atoms with Crippen molar-refractivity contribution in [3.63, 3.8) is 0 Å². The summed E-state index contributed by atoms with van der Waals surface area (Å²) in [5.41, 5.74) is 6.13. The molecule has 0 aromatic rings. The average molecular weight is 254 g/mol. The molecule has 5 nitrogen and oxygen atoms in total. The van der Waals surface area contributed by atoms with Gasteiger partial charge in [-0.15, -0.1) is 0 Å². The highest BCUT2D eigenvalue weighted by Gasteiger charge is 2.42. The Morgan fingerprint density at radius 3 is 2.56 bits per heavy atom. The van der Waals surface area contributed by atoms with Gasteiger partial charge < -0.3 is 15.7 Å². The number of carbonyl (C=O) groups is 2. The zero-order valence-electron chi connectivity index (χ0n) is 10.7. The Morgan fingerprint density at radius 2 is 1.94 bits per heavy atom. The van der Waals surface area contributed by atoms with Gasteiger partial charge in [-0.3, -0.25) is 9.59 Å². The number of carbonyl (C=O) groups excluding carboxylic acids is 1. The van der Waals surface area contributed by atoms with Crippen LogP contribution in [0.1, 0.15) is 44.9 Å². The predicted molar refractivity (Wildman–Crippen MR) is 66.9 cm³/mol. The summed E-state index contributed by atoms with van der Waals surface area (Å²) < 4.78 is 0. The van der Waals surface area contributed by atoms with E-state index >= 15 is 0 Å². The van der Waals surface area contributed by atoms with E-state index in [1.165, 1.54) is 25.7 Å². The van der Waals surface area contributed by atoms with E-state index in [1.54, 1.807) is 0 Å². The lowest BCUT2D eigenvalue weighted by molar-refractivity contribution is -0.137. The quantitative estimate of drug-likeness (QED) is 0.783. The number of hydrogen-bond acceptors (Lipinski definition) is 3. The summed E-state index contributed by atoms with van der Waals surface area (Å²) >= 11 is 0. The van der Waals surface area contributed by atoms with E-state index in [0.717, 1.165) is 19.5 Å². The SMILES string of the molecule is NC(CCC(=O)O)C(=O)N1CCC2(CCCC2)C1. The van der Waals surface area contributed by atoms with Crippen molar-refractivity contribution >= 4 is 11.9 Å². The van der Waals surface area contributed by atoms with Crippen molar-refractivity contribution in [2.75, 3.05) is 13.1 Å². The molecule has 1 saturated heterocycles. The number of likely N-dealkylation sites (tertiary alicyclic amines) is 1. The lowest BCUT2D eigenvalue weighted by atomic mass is 9.86. The number of nitrogens with two attached hydrogens (primary N) is 1. The Hall–Kier alpha value is -1.10. The third kappa shape index (κ3) is 2.83. The highest BCUT2D eigenvalue weighted by atomic mass is 16.4. The normalized spacial score (nSPS) is 23.5. The molecule has 102 valence electrons. The first-order chi connectivity index (χ1) is 8.52. The van der Waals surface area contributed by atoms with E-state index in [0.29, 0.717) is 5.41 Å². The largest absolute Gasteiger partial charge is 0.481 e. The molecule has 2 aliphatic rings. The van der Waals surface area contributed by atoms with Crippen molar-refractivity contribution in [2.24, 2.45) is 11.1 Å². The highest BCUT2D eigenvalue weighted by molar-refractivity contribution is 5.82. The first-order valence-electron chi connectivity index (χ1n) is 6.79. The molecule has 2 fully saturated rings. The number of carboxylic acids is 1. The number of aliphatic carboxylic acids is 1. The third-order valence-corrected chi connectivity index (χ3v) is 4.40. The molecule has 1 spiro atoms. The van der Waals surface area contributed by atoms with E-state index in [-0.39, 0.29) is 18.7 Å². The molecule has 1 atom stereocenters. The van der Waals surface area contributed by atoms with Gasteiger partial charge in [0.15, 0.2) is 0 Å². The van der Waals surface area contributed by atoms with Crippen LogP contribution in [0.15, 0.2) is 0 Å². The molecule has 1 saturated carbocycles. The molecule has 1 unspecified atom stereocenters. The molecule has 0 aromatic heterocycles. The molecule has 3 N–H and O–H groups in total. The molecular weight excluding hydrogens is 232 g/mol. The van der Waals surface area contributed by atoms with E-state index < -0.39 is 12.0 Å². The Morgan fingerprint density at radius 1 is 1.28 bits per heavy atom. The molecule has 1 heterocycles. The molecule has 1 aliphatic heterocycles. The van der Waals surface area contributed by atoms with Crippen LogP contribution in [0.2, 0.25) is 0 Å². The zero-order valence-corrected chi connectivity index (χ0v) is 10.7. The van der Waals surface area contributed by atoms with Crippen LogP contribution in [0.4, 0.5) is 0 Å². The fourth-order valence-corrected chi connectivity index (χ4v) is 3.29. The predicted octanol–water partition coefficient (Wildman–Crippen LogP) is 0.971. The number of carboxylic acid groups (broad SMARTS) is 1. The van der Waals surface area contributed by atoms with Crippen LogP contribution in [-0.2, 0) is 9.59 Å². The minimum absolute atomic E-state index is 0.0358. The van der Waals surface area contributed by atoms with Crippen LogP contribution in [0.25, 0.3) is 0 Å². The van der Waals surface area contributed by atoms with Crippen LogP contribution in [0.3, 0.4) is 0 Å². The van der Waals surface area contributed by atoms with Crippen molar-refractivity contribution in [3.05, 3.63) is 0 Å². The molecule has 5 heteroatoms. The van der Waals surface area contributed by atoms with Gasteiger partial charge in [0, 0.05) is 19.5 Å². The van der Waals surface area contributed by atoms with Gasteiger partial charge in [-0.05, 0) is 31.1 Å². The summed E-state index contributed by atoms with van der Waals surface area (Å²) in [5.74, 6) is -0.966. The first-order valence-corrected chi connectivity index (χ1v) is 6.79. The standard InChI is InChI=1S/C13H22N2O3/c14-10(3-4-11(16)17)12(18)15-8-7-13(9-15)5-1-2-6-13/h10H,1-9,14H2,(H,16,17). The van der Waals surface area contributed by atoms with Gasteiger partial charge in [0.05, 0.1) is 6.04 Å². The number of amides is 1. The van der Waals surface area contributed by atoms with Gasteiger partial charge in [-0.2, -0.15) is 0 Å². The van der Waals surface area contributed by atoms with Gasteiger partial charge in [0.2, 0.25) is 5.91 Å². The summed E-state index contributed by atoms with van der Waals surface area (Å²) in [7, 11) is 0. The van der Waals surface area contributed by atoms with Crippen molar-refractivity contribution in [3.8, 4) is 0 Å². The average Bonchev–Trinajstić information content (AvgIpc) is 2.96. The lowest BCUT2D eigenvalue weighted by Gasteiger charge is -2.25. The van der Waals surface area contributed by atoms with Gasteiger partial charge >= 0.3 is 5.97 Å².